The van der Waals surface area contributed by atoms with E-state index in [4.69, 9.17) is 9.47 Å². The Morgan fingerprint density at radius 1 is 1.00 bits per heavy atom. The average molecular weight is 491 g/mol. The van der Waals surface area contributed by atoms with Gasteiger partial charge in [-0.05, 0) is 60.2 Å². The number of esters is 1. The van der Waals surface area contributed by atoms with Crippen LogP contribution in [-0.2, 0) is 11.2 Å². The van der Waals surface area contributed by atoms with Crippen molar-refractivity contribution in [3.8, 4) is 5.75 Å². The topological polar surface area (TPSA) is 69.6 Å². The lowest BCUT2D eigenvalue weighted by Gasteiger charge is -2.14. The number of benzene rings is 2. The van der Waals surface area contributed by atoms with Gasteiger partial charge in [0.05, 0.1) is 19.8 Å². The molecule has 36 heavy (non-hydrogen) atoms. The Labute approximate surface area is 214 Å². The normalized spacial score (nSPS) is 13.9. The minimum atomic E-state index is -0.387. The molecule has 4 rings (SSSR count). The van der Waals surface area contributed by atoms with Gasteiger partial charge in [-0.2, -0.15) is 0 Å². The summed E-state index contributed by atoms with van der Waals surface area (Å²) in [7, 11) is 2.99. The molecule has 0 unspecified atom stereocenters. The fourth-order valence-corrected chi connectivity index (χ4v) is 5.35. The highest BCUT2D eigenvalue weighted by Gasteiger charge is 2.22. The van der Waals surface area contributed by atoms with Crippen LogP contribution in [-0.4, -0.2) is 37.2 Å². The Morgan fingerprint density at radius 2 is 1.72 bits per heavy atom. The van der Waals surface area contributed by atoms with E-state index in [2.05, 4.69) is 36.0 Å². The van der Waals surface area contributed by atoms with E-state index in [9.17, 15) is 9.59 Å². The van der Waals surface area contributed by atoms with E-state index in [1.165, 1.54) is 38.3 Å². The third-order valence-electron chi connectivity index (χ3n) is 7.69. The van der Waals surface area contributed by atoms with Gasteiger partial charge in [-0.1, -0.05) is 45.6 Å². The molecule has 3 aromatic rings. The highest BCUT2D eigenvalue weighted by atomic mass is 16.5. The molecule has 0 spiro atoms. The Morgan fingerprint density at radius 3 is 2.39 bits per heavy atom. The first-order chi connectivity index (χ1) is 17.5. The van der Waals surface area contributed by atoms with Crippen molar-refractivity contribution in [3.05, 3.63) is 64.8 Å². The van der Waals surface area contributed by atoms with Gasteiger partial charge in [-0.25, -0.2) is 4.79 Å². The van der Waals surface area contributed by atoms with E-state index < -0.39 is 0 Å². The maximum atomic E-state index is 13.0. The highest BCUT2D eigenvalue weighted by Crippen LogP contribution is 2.36. The Balaban J connectivity index is 1.70. The number of fused-ring (bicyclic) bond motifs is 1. The molecule has 1 aromatic heterocycles. The zero-order chi connectivity index (χ0) is 25.7. The van der Waals surface area contributed by atoms with E-state index in [-0.39, 0.29) is 11.9 Å². The zero-order valence-electron chi connectivity index (χ0n) is 21.9. The standard InChI is InChI=1S/C30H38N2O4/c1-5-20(6-2)18-31-29(33)22-13-14-27-26(16-22)24(19-32(27)25-9-7-8-10-25)15-21-11-12-23(30(34)36-4)17-28(21)35-3/h11-14,16-17,19-20,25H,5-10,15,18H2,1-4H3,(H,31,33). The monoisotopic (exact) mass is 490 g/mol. The molecule has 0 atom stereocenters. The summed E-state index contributed by atoms with van der Waals surface area (Å²) in [6.07, 6.45) is 9.86. The van der Waals surface area contributed by atoms with E-state index in [0.717, 1.165) is 29.4 Å². The largest absolute Gasteiger partial charge is 0.496 e. The summed E-state index contributed by atoms with van der Waals surface area (Å²) in [6.45, 7) is 5.02. The van der Waals surface area contributed by atoms with Crippen LogP contribution in [0.3, 0.4) is 0 Å². The third kappa shape index (κ3) is 5.43. The van der Waals surface area contributed by atoms with Crippen molar-refractivity contribution >= 4 is 22.8 Å². The molecule has 1 amide bonds. The van der Waals surface area contributed by atoms with Crippen LogP contribution in [0, 0.1) is 5.92 Å². The maximum Gasteiger partial charge on any atom is 0.337 e. The Hall–Kier alpha value is -3.28. The number of methoxy groups -OCH3 is 2. The number of amides is 1. The maximum absolute atomic E-state index is 13.0. The van der Waals surface area contributed by atoms with Crippen LogP contribution in [0.15, 0.2) is 42.6 Å². The summed E-state index contributed by atoms with van der Waals surface area (Å²) in [6, 6.07) is 12.0. The van der Waals surface area contributed by atoms with Crippen LogP contribution in [0.2, 0.25) is 0 Å². The minimum absolute atomic E-state index is 0.0247. The fourth-order valence-electron chi connectivity index (χ4n) is 5.35. The van der Waals surface area contributed by atoms with Gasteiger partial charge in [0.15, 0.2) is 0 Å². The lowest BCUT2D eigenvalue weighted by Crippen LogP contribution is -2.28. The third-order valence-corrected chi connectivity index (χ3v) is 7.69. The van der Waals surface area contributed by atoms with E-state index >= 15 is 0 Å². The molecule has 2 aromatic carbocycles. The number of ether oxygens (including phenoxy) is 2. The summed E-state index contributed by atoms with van der Waals surface area (Å²) in [5.41, 5.74) is 4.45. The molecule has 0 saturated heterocycles. The number of nitrogens with one attached hydrogen (secondary N) is 1. The van der Waals surface area contributed by atoms with Crippen LogP contribution < -0.4 is 10.1 Å². The van der Waals surface area contributed by atoms with Crippen molar-refractivity contribution in [3.63, 3.8) is 0 Å². The number of carbonyl (C=O) groups excluding carboxylic acids is 2. The first-order valence-electron chi connectivity index (χ1n) is 13.2. The van der Waals surface area contributed by atoms with Crippen molar-refractivity contribution in [2.24, 2.45) is 5.92 Å². The van der Waals surface area contributed by atoms with Gasteiger partial charge in [0, 0.05) is 41.7 Å². The summed E-state index contributed by atoms with van der Waals surface area (Å²) in [5.74, 6) is 0.737. The Bertz CT molecular complexity index is 1220. The van der Waals surface area contributed by atoms with Crippen molar-refractivity contribution in [2.75, 3.05) is 20.8 Å². The second kappa shape index (κ2) is 11.6. The molecule has 1 heterocycles. The second-order valence-electron chi connectivity index (χ2n) is 9.82. The smallest absolute Gasteiger partial charge is 0.337 e. The molecule has 0 bridgehead atoms. The second-order valence-corrected chi connectivity index (χ2v) is 9.82. The van der Waals surface area contributed by atoms with Gasteiger partial charge < -0.3 is 19.4 Å². The number of hydrogen-bond acceptors (Lipinski definition) is 4. The molecule has 6 heteroatoms. The number of nitrogens with zero attached hydrogens (tertiary/aromatic N) is 1. The van der Waals surface area contributed by atoms with E-state index in [0.29, 0.717) is 41.8 Å². The van der Waals surface area contributed by atoms with Gasteiger partial charge in [0.25, 0.3) is 5.91 Å². The summed E-state index contributed by atoms with van der Waals surface area (Å²) < 4.78 is 12.9. The predicted molar refractivity (Wildman–Crippen MR) is 143 cm³/mol. The Kier molecular flexibility index (Phi) is 8.34. The molecule has 1 fully saturated rings. The van der Waals surface area contributed by atoms with Crippen LogP contribution in [0.4, 0.5) is 0 Å². The summed E-state index contributed by atoms with van der Waals surface area (Å²) >= 11 is 0. The first kappa shape index (κ1) is 25.8. The van der Waals surface area contributed by atoms with Crippen molar-refractivity contribution < 1.29 is 19.1 Å². The quantitative estimate of drug-likeness (QED) is 0.338. The van der Waals surface area contributed by atoms with Crippen LogP contribution in [0.25, 0.3) is 10.9 Å². The summed E-state index contributed by atoms with van der Waals surface area (Å²) in [4.78, 5) is 25.0. The molecular formula is C30H38N2O4. The van der Waals surface area contributed by atoms with Crippen molar-refractivity contribution in [1.29, 1.82) is 0 Å². The molecule has 0 radical (unpaired) electrons. The lowest BCUT2D eigenvalue weighted by molar-refractivity contribution is 0.0600. The number of rotatable bonds is 10. The number of carbonyl (C=O) groups is 2. The average Bonchev–Trinajstić information content (AvgIpc) is 3.57. The minimum Gasteiger partial charge on any atom is -0.496 e. The van der Waals surface area contributed by atoms with Gasteiger partial charge in [0.1, 0.15) is 5.75 Å². The molecule has 1 N–H and O–H groups in total. The molecule has 1 saturated carbocycles. The van der Waals surface area contributed by atoms with E-state index in [1.807, 2.05) is 18.2 Å². The molecule has 6 nitrogen and oxygen atoms in total. The predicted octanol–water partition coefficient (Wildman–Crippen LogP) is 6.31. The van der Waals surface area contributed by atoms with Gasteiger partial charge >= 0.3 is 5.97 Å². The lowest BCUT2D eigenvalue weighted by atomic mass is 10.0. The zero-order valence-corrected chi connectivity index (χ0v) is 21.9. The molecule has 1 aliphatic carbocycles. The SMILES string of the molecule is CCC(CC)CNC(=O)c1ccc2c(c1)c(Cc1ccc(C(=O)OC)cc1OC)cn2C1CCCC1. The van der Waals surface area contributed by atoms with Gasteiger partial charge in [-0.3, -0.25) is 4.79 Å². The van der Waals surface area contributed by atoms with Gasteiger partial charge in [0.2, 0.25) is 0 Å². The fraction of sp³-hybridized carbons (Fsp3) is 0.467. The van der Waals surface area contributed by atoms with Crippen LogP contribution in [0.5, 0.6) is 5.75 Å². The molecule has 1 aliphatic rings. The highest BCUT2D eigenvalue weighted by molar-refractivity contribution is 5.99. The van der Waals surface area contributed by atoms with E-state index in [1.54, 1.807) is 19.2 Å². The number of hydrogen-bond donors (Lipinski definition) is 1. The van der Waals surface area contributed by atoms with Crippen molar-refractivity contribution in [2.45, 2.75) is 64.8 Å². The van der Waals surface area contributed by atoms with Crippen LogP contribution in [0.1, 0.15) is 90.3 Å². The van der Waals surface area contributed by atoms with Crippen molar-refractivity contribution in [1.82, 2.24) is 9.88 Å². The van der Waals surface area contributed by atoms with Gasteiger partial charge in [-0.15, -0.1) is 0 Å². The molecule has 0 aliphatic heterocycles. The van der Waals surface area contributed by atoms with Crippen LogP contribution >= 0.6 is 0 Å². The first-order valence-corrected chi connectivity index (χ1v) is 13.2. The molecule has 192 valence electrons. The summed E-state index contributed by atoms with van der Waals surface area (Å²) in [5, 5.41) is 4.22. The molecular weight excluding hydrogens is 452 g/mol. The number of aromatic nitrogens is 1.